The monoisotopic (exact) mass is 394 g/mol. The van der Waals surface area contributed by atoms with Gasteiger partial charge in [-0.25, -0.2) is 9.97 Å². The van der Waals surface area contributed by atoms with E-state index in [1.807, 2.05) is 38.1 Å². The molecule has 2 aromatic rings. The van der Waals surface area contributed by atoms with Crippen molar-refractivity contribution in [2.75, 3.05) is 18.8 Å². The molecule has 7 heteroatoms. The number of ketones is 1. The third-order valence-electron chi connectivity index (χ3n) is 5.76. The molecule has 0 bridgehead atoms. The molecule has 2 aliphatic heterocycles. The van der Waals surface area contributed by atoms with E-state index < -0.39 is 5.60 Å². The van der Waals surface area contributed by atoms with E-state index in [0.29, 0.717) is 42.9 Å². The number of benzene rings is 1. The maximum atomic E-state index is 13.1. The SMILES string of the molecule is CC(C)c1cc(C(=O)N2CCCC3(CC2)CC(=O)c2ccccc2O3)nc(N)n1. The highest BCUT2D eigenvalue weighted by atomic mass is 16.5. The topological polar surface area (TPSA) is 98.4 Å². The van der Waals surface area contributed by atoms with Crippen molar-refractivity contribution in [2.24, 2.45) is 0 Å². The molecule has 152 valence electrons. The van der Waals surface area contributed by atoms with Crippen molar-refractivity contribution < 1.29 is 14.3 Å². The minimum Gasteiger partial charge on any atom is -0.486 e. The van der Waals surface area contributed by atoms with Crippen molar-refractivity contribution in [3.05, 3.63) is 47.3 Å². The van der Waals surface area contributed by atoms with Crippen molar-refractivity contribution in [1.82, 2.24) is 14.9 Å². The molecule has 1 unspecified atom stereocenters. The fourth-order valence-corrected chi connectivity index (χ4v) is 4.15. The number of fused-ring (bicyclic) bond motifs is 1. The van der Waals surface area contributed by atoms with Gasteiger partial charge in [0.1, 0.15) is 17.0 Å². The highest BCUT2D eigenvalue weighted by molar-refractivity contribution is 6.00. The Kier molecular flexibility index (Phi) is 4.98. The number of amides is 1. The van der Waals surface area contributed by atoms with E-state index in [0.717, 1.165) is 18.5 Å². The first kappa shape index (κ1) is 19.4. The predicted molar refractivity (Wildman–Crippen MR) is 109 cm³/mol. The fraction of sp³-hybridized carbons (Fsp3) is 0.455. The number of nitrogens with two attached hydrogens (primary N) is 1. The number of nitrogens with zero attached hydrogens (tertiary/aromatic N) is 3. The molecule has 1 aromatic heterocycles. The second-order valence-electron chi connectivity index (χ2n) is 8.22. The second-order valence-corrected chi connectivity index (χ2v) is 8.22. The van der Waals surface area contributed by atoms with Gasteiger partial charge in [0.05, 0.1) is 12.0 Å². The number of ether oxygens (including phenoxy) is 1. The van der Waals surface area contributed by atoms with Gasteiger partial charge in [0.25, 0.3) is 5.91 Å². The van der Waals surface area contributed by atoms with E-state index in [1.54, 1.807) is 11.0 Å². The van der Waals surface area contributed by atoms with Crippen LogP contribution in [0.5, 0.6) is 5.75 Å². The van der Waals surface area contributed by atoms with Crippen molar-refractivity contribution >= 4 is 17.6 Å². The number of carbonyl (C=O) groups is 2. The zero-order valence-electron chi connectivity index (χ0n) is 16.9. The van der Waals surface area contributed by atoms with E-state index in [2.05, 4.69) is 9.97 Å². The highest BCUT2D eigenvalue weighted by Crippen LogP contribution is 2.39. The van der Waals surface area contributed by atoms with Crippen LogP contribution in [0.2, 0.25) is 0 Å². The van der Waals surface area contributed by atoms with Crippen LogP contribution in [-0.4, -0.2) is 45.2 Å². The van der Waals surface area contributed by atoms with Gasteiger partial charge in [-0.05, 0) is 37.0 Å². The standard InChI is InChI=1S/C22H26N4O3/c1-14(2)16-12-17(25-21(23)24-16)20(28)26-10-5-8-22(9-11-26)13-18(27)15-6-3-4-7-19(15)29-22/h3-4,6-7,12,14H,5,8-11,13H2,1-2H3,(H2,23,24,25). The Labute approximate surface area is 170 Å². The summed E-state index contributed by atoms with van der Waals surface area (Å²) in [5.41, 5.74) is 6.99. The molecule has 2 N–H and O–H groups in total. The Morgan fingerprint density at radius 1 is 1.21 bits per heavy atom. The van der Waals surface area contributed by atoms with Crippen LogP contribution in [0.4, 0.5) is 5.95 Å². The summed E-state index contributed by atoms with van der Waals surface area (Å²) in [6.45, 7) is 5.11. The Hall–Kier alpha value is -2.96. The third-order valence-corrected chi connectivity index (χ3v) is 5.76. The van der Waals surface area contributed by atoms with Crippen LogP contribution in [0.1, 0.15) is 72.0 Å². The Bertz CT molecular complexity index is 959. The molecule has 1 aromatic carbocycles. The molecular weight excluding hydrogens is 368 g/mol. The van der Waals surface area contributed by atoms with E-state index in [4.69, 9.17) is 10.5 Å². The number of nitrogen functional groups attached to an aromatic ring is 1. The van der Waals surface area contributed by atoms with E-state index in [-0.39, 0.29) is 23.6 Å². The smallest absolute Gasteiger partial charge is 0.272 e. The molecule has 29 heavy (non-hydrogen) atoms. The molecular formula is C22H26N4O3. The molecule has 1 fully saturated rings. The van der Waals surface area contributed by atoms with Crippen LogP contribution in [-0.2, 0) is 0 Å². The number of aromatic nitrogens is 2. The Morgan fingerprint density at radius 3 is 2.79 bits per heavy atom. The molecule has 1 spiro atoms. The van der Waals surface area contributed by atoms with Crippen molar-refractivity contribution in [3.8, 4) is 5.75 Å². The van der Waals surface area contributed by atoms with Gasteiger partial charge in [0, 0.05) is 25.2 Å². The average Bonchev–Trinajstić information content (AvgIpc) is 2.89. The van der Waals surface area contributed by atoms with Crippen LogP contribution < -0.4 is 10.5 Å². The first-order valence-electron chi connectivity index (χ1n) is 10.1. The molecule has 3 heterocycles. The molecule has 1 amide bonds. The fourth-order valence-electron chi connectivity index (χ4n) is 4.15. The van der Waals surface area contributed by atoms with Crippen molar-refractivity contribution in [2.45, 2.75) is 51.0 Å². The lowest BCUT2D eigenvalue weighted by atomic mass is 9.84. The van der Waals surface area contributed by atoms with Crippen molar-refractivity contribution in [1.29, 1.82) is 0 Å². The summed E-state index contributed by atoms with van der Waals surface area (Å²) in [6, 6.07) is 9.11. The average molecular weight is 394 g/mol. The summed E-state index contributed by atoms with van der Waals surface area (Å²) >= 11 is 0. The molecule has 2 aliphatic rings. The largest absolute Gasteiger partial charge is 0.486 e. The van der Waals surface area contributed by atoms with Gasteiger partial charge in [-0.1, -0.05) is 26.0 Å². The summed E-state index contributed by atoms with van der Waals surface area (Å²) < 4.78 is 6.31. The lowest BCUT2D eigenvalue weighted by molar-refractivity contribution is 0.0300. The molecule has 7 nitrogen and oxygen atoms in total. The minimum atomic E-state index is -0.547. The van der Waals surface area contributed by atoms with E-state index in [9.17, 15) is 9.59 Å². The maximum Gasteiger partial charge on any atom is 0.272 e. The summed E-state index contributed by atoms with van der Waals surface area (Å²) in [4.78, 5) is 35.9. The lowest BCUT2D eigenvalue weighted by Gasteiger charge is -2.37. The van der Waals surface area contributed by atoms with Crippen LogP contribution in [0.25, 0.3) is 0 Å². The van der Waals surface area contributed by atoms with Gasteiger partial charge in [-0.3, -0.25) is 9.59 Å². The number of Topliss-reactive ketones (excluding diaryl/α,β-unsaturated/α-hetero) is 1. The van der Waals surface area contributed by atoms with Gasteiger partial charge < -0.3 is 15.4 Å². The van der Waals surface area contributed by atoms with Crippen LogP contribution in [0.3, 0.4) is 0 Å². The third kappa shape index (κ3) is 3.81. The van der Waals surface area contributed by atoms with Crippen LogP contribution >= 0.6 is 0 Å². The van der Waals surface area contributed by atoms with Gasteiger partial charge in [-0.15, -0.1) is 0 Å². The number of hydrogen-bond acceptors (Lipinski definition) is 6. The summed E-state index contributed by atoms with van der Waals surface area (Å²) in [5.74, 6) is 0.871. The van der Waals surface area contributed by atoms with Crippen LogP contribution in [0.15, 0.2) is 30.3 Å². The zero-order chi connectivity index (χ0) is 20.6. The number of para-hydroxylation sites is 1. The highest BCUT2D eigenvalue weighted by Gasteiger charge is 2.42. The molecule has 0 radical (unpaired) electrons. The predicted octanol–water partition coefficient (Wildman–Crippen LogP) is 3.21. The second kappa shape index (κ2) is 7.46. The number of rotatable bonds is 2. The van der Waals surface area contributed by atoms with Gasteiger partial charge in [-0.2, -0.15) is 0 Å². The number of likely N-dealkylation sites (tertiary alicyclic amines) is 1. The number of hydrogen-bond donors (Lipinski definition) is 1. The van der Waals surface area contributed by atoms with E-state index >= 15 is 0 Å². The Morgan fingerprint density at radius 2 is 2.00 bits per heavy atom. The number of anilines is 1. The first-order valence-corrected chi connectivity index (χ1v) is 10.1. The van der Waals surface area contributed by atoms with Crippen molar-refractivity contribution in [3.63, 3.8) is 0 Å². The number of carbonyl (C=O) groups excluding carboxylic acids is 2. The zero-order valence-corrected chi connectivity index (χ0v) is 16.9. The molecule has 4 rings (SSSR count). The quantitative estimate of drug-likeness (QED) is 0.840. The minimum absolute atomic E-state index is 0.108. The summed E-state index contributed by atoms with van der Waals surface area (Å²) in [5, 5.41) is 0. The molecule has 0 saturated carbocycles. The molecule has 0 aliphatic carbocycles. The molecule has 1 saturated heterocycles. The normalized spacial score (nSPS) is 21.6. The van der Waals surface area contributed by atoms with E-state index in [1.165, 1.54) is 0 Å². The first-order chi connectivity index (χ1) is 13.9. The van der Waals surface area contributed by atoms with Gasteiger partial charge in [0.15, 0.2) is 5.78 Å². The summed E-state index contributed by atoms with van der Waals surface area (Å²) in [6.07, 6.45) is 2.46. The maximum absolute atomic E-state index is 13.1. The lowest BCUT2D eigenvalue weighted by Crippen LogP contribution is -2.43. The van der Waals surface area contributed by atoms with Gasteiger partial charge >= 0.3 is 0 Å². The van der Waals surface area contributed by atoms with Crippen LogP contribution in [0, 0.1) is 0 Å². The van der Waals surface area contributed by atoms with Gasteiger partial charge in [0.2, 0.25) is 5.95 Å². The molecule has 1 atom stereocenters. The summed E-state index contributed by atoms with van der Waals surface area (Å²) in [7, 11) is 0. The Balaban J connectivity index is 1.53.